The number of nitrogens with zero attached hydrogens (tertiary/aromatic N) is 2. The van der Waals surface area contributed by atoms with E-state index in [0.29, 0.717) is 23.1 Å². The van der Waals surface area contributed by atoms with Crippen LogP contribution in [0.3, 0.4) is 0 Å². The van der Waals surface area contributed by atoms with E-state index in [1.54, 1.807) is 36.9 Å². The molecule has 0 unspecified atom stereocenters. The topological polar surface area (TPSA) is 56.5 Å². The van der Waals surface area contributed by atoms with Gasteiger partial charge in [-0.05, 0) is 31.5 Å². The lowest BCUT2D eigenvalue weighted by Crippen LogP contribution is -2.04. The smallest absolute Gasteiger partial charge is 0.161 e. The maximum Gasteiger partial charge on any atom is 0.161 e. The molecule has 0 bridgehead atoms. The van der Waals surface area contributed by atoms with Gasteiger partial charge in [-0.25, -0.2) is 0 Å². The van der Waals surface area contributed by atoms with Crippen molar-refractivity contribution >= 4 is 11.6 Å². The second-order valence-corrected chi connectivity index (χ2v) is 5.22. The molecule has 0 aliphatic rings. The lowest BCUT2D eigenvalue weighted by molar-refractivity contribution is 0.198. The molecular formula is C15H19ClN2O3. The maximum absolute atomic E-state index is 9.59. The molecule has 0 fully saturated rings. The van der Waals surface area contributed by atoms with Crippen molar-refractivity contribution in [2.75, 3.05) is 7.11 Å². The number of aryl methyl sites for hydroxylation is 2. The molecule has 0 radical (unpaired) electrons. The Hall–Kier alpha value is -1.72. The van der Waals surface area contributed by atoms with E-state index >= 15 is 0 Å². The van der Waals surface area contributed by atoms with E-state index in [0.717, 1.165) is 17.0 Å². The Morgan fingerprint density at radius 1 is 1.38 bits per heavy atom. The molecule has 0 saturated heterocycles. The van der Waals surface area contributed by atoms with Gasteiger partial charge in [-0.3, -0.25) is 4.68 Å². The van der Waals surface area contributed by atoms with E-state index in [1.807, 2.05) is 14.0 Å². The summed E-state index contributed by atoms with van der Waals surface area (Å²) >= 11 is 6.19. The van der Waals surface area contributed by atoms with Crippen LogP contribution < -0.4 is 9.47 Å². The van der Waals surface area contributed by atoms with Crippen LogP contribution in [0, 0.1) is 6.92 Å². The summed E-state index contributed by atoms with van der Waals surface area (Å²) in [7, 11) is 3.39. The van der Waals surface area contributed by atoms with Crippen molar-refractivity contribution in [2.24, 2.45) is 7.05 Å². The number of ether oxygens (including phenoxy) is 2. The first kappa shape index (κ1) is 15.7. The van der Waals surface area contributed by atoms with E-state index in [2.05, 4.69) is 5.10 Å². The minimum Gasteiger partial charge on any atom is -0.493 e. The minimum atomic E-state index is -0.554. The first-order valence-electron chi connectivity index (χ1n) is 6.60. The van der Waals surface area contributed by atoms with Gasteiger partial charge in [0.25, 0.3) is 0 Å². The lowest BCUT2D eigenvalue weighted by Gasteiger charge is -2.13. The SMILES string of the molecule is COc1cc([C@H](C)O)ccc1OCc1c(Cl)c(C)nn1C. The molecule has 2 aromatic rings. The van der Waals surface area contributed by atoms with Gasteiger partial charge in [-0.2, -0.15) is 5.10 Å². The third-order valence-corrected chi connectivity index (χ3v) is 3.79. The Labute approximate surface area is 129 Å². The van der Waals surface area contributed by atoms with Crippen molar-refractivity contribution < 1.29 is 14.6 Å². The maximum atomic E-state index is 9.59. The Morgan fingerprint density at radius 2 is 2.10 bits per heavy atom. The van der Waals surface area contributed by atoms with Crippen molar-refractivity contribution in [3.8, 4) is 11.5 Å². The van der Waals surface area contributed by atoms with Crippen molar-refractivity contribution in [1.29, 1.82) is 0 Å². The number of rotatable bonds is 5. The highest BCUT2D eigenvalue weighted by atomic mass is 35.5. The van der Waals surface area contributed by atoms with E-state index in [-0.39, 0.29) is 0 Å². The second kappa shape index (κ2) is 6.37. The van der Waals surface area contributed by atoms with Gasteiger partial charge in [0.2, 0.25) is 0 Å². The number of hydrogen-bond acceptors (Lipinski definition) is 4. The van der Waals surface area contributed by atoms with E-state index in [4.69, 9.17) is 21.1 Å². The second-order valence-electron chi connectivity index (χ2n) is 4.84. The zero-order valence-corrected chi connectivity index (χ0v) is 13.3. The van der Waals surface area contributed by atoms with Crippen LogP contribution in [0.2, 0.25) is 5.02 Å². The Kier molecular flexibility index (Phi) is 4.75. The molecule has 0 amide bonds. The summed E-state index contributed by atoms with van der Waals surface area (Å²) in [6.07, 6.45) is -0.554. The van der Waals surface area contributed by atoms with Gasteiger partial charge in [-0.1, -0.05) is 17.7 Å². The number of aliphatic hydroxyl groups excluding tert-OH is 1. The van der Waals surface area contributed by atoms with Crippen LogP contribution in [0.1, 0.15) is 30.0 Å². The Balaban J connectivity index is 2.20. The van der Waals surface area contributed by atoms with Crippen LogP contribution in [0.5, 0.6) is 11.5 Å². The third-order valence-electron chi connectivity index (χ3n) is 3.30. The van der Waals surface area contributed by atoms with Crippen molar-refractivity contribution in [2.45, 2.75) is 26.6 Å². The quantitative estimate of drug-likeness (QED) is 0.922. The number of aromatic nitrogens is 2. The minimum absolute atomic E-state index is 0.292. The van der Waals surface area contributed by atoms with Crippen LogP contribution in [0.4, 0.5) is 0 Å². The van der Waals surface area contributed by atoms with E-state index in [9.17, 15) is 5.11 Å². The molecule has 2 rings (SSSR count). The summed E-state index contributed by atoms with van der Waals surface area (Å²) in [4.78, 5) is 0. The van der Waals surface area contributed by atoms with Crippen molar-refractivity contribution in [3.63, 3.8) is 0 Å². The molecule has 1 aromatic carbocycles. The summed E-state index contributed by atoms with van der Waals surface area (Å²) in [5, 5.41) is 14.4. The standard InChI is InChI=1S/C15H19ClN2O3/c1-9-15(16)12(18(3)17-9)8-21-13-6-5-11(10(2)19)7-14(13)20-4/h5-7,10,19H,8H2,1-4H3/t10-/m0/s1. The van der Waals surface area contributed by atoms with Crippen LogP contribution in [0.25, 0.3) is 0 Å². The molecule has 0 aliphatic carbocycles. The third kappa shape index (κ3) is 3.31. The summed E-state index contributed by atoms with van der Waals surface area (Å²) in [5.41, 5.74) is 2.35. The predicted octanol–water partition coefficient (Wildman–Crippen LogP) is 3.02. The number of aliphatic hydroxyl groups is 1. The van der Waals surface area contributed by atoms with Crippen LogP contribution in [0.15, 0.2) is 18.2 Å². The molecule has 0 aliphatic heterocycles. The Bertz CT molecular complexity index is 638. The fraction of sp³-hybridized carbons (Fsp3) is 0.400. The van der Waals surface area contributed by atoms with Gasteiger partial charge in [-0.15, -0.1) is 0 Å². The zero-order chi connectivity index (χ0) is 15.6. The predicted molar refractivity (Wildman–Crippen MR) is 80.9 cm³/mol. The molecule has 0 saturated carbocycles. The fourth-order valence-electron chi connectivity index (χ4n) is 2.05. The highest BCUT2D eigenvalue weighted by molar-refractivity contribution is 6.31. The molecule has 21 heavy (non-hydrogen) atoms. The molecule has 1 N–H and O–H groups in total. The molecular weight excluding hydrogens is 292 g/mol. The monoisotopic (exact) mass is 310 g/mol. The van der Waals surface area contributed by atoms with Gasteiger partial charge in [0.15, 0.2) is 11.5 Å². The van der Waals surface area contributed by atoms with Gasteiger partial charge >= 0.3 is 0 Å². The van der Waals surface area contributed by atoms with Gasteiger partial charge in [0.1, 0.15) is 6.61 Å². The normalized spacial score (nSPS) is 12.3. The summed E-state index contributed by atoms with van der Waals surface area (Å²) in [5.74, 6) is 1.17. The van der Waals surface area contributed by atoms with E-state index in [1.165, 1.54) is 0 Å². The van der Waals surface area contributed by atoms with Crippen molar-refractivity contribution in [1.82, 2.24) is 9.78 Å². The molecule has 114 valence electrons. The highest BCUT2D eigenvalue weighted by Crippen LogP contribution is 2.31. The average molecular weight is 311 g/mol. The summed E-state index contributed by atoms with van der Waals surface area (Å²) < 4.78 is 12.8. The summed E-state index contributed by atoms with van der Waals surface area (Å²) in [6.45, 7) is 3.85. The van der Waals surface area contributed by atoms with Crippen molar-refractivity contribution in [3.05, 3.63) is 40.2 Å². The number of methoxy groups -OCH3 is 1. The van der Waals surface area contributed by atoms with Crippen LogP contribution in [-0.4, -0.2) is 22.0 Å². The largest absolute Gasteiger partial charge is 0.493 e. The molecule has 5 nitrogen and oxygen atoms in total. The van der Waals surface area contributed by atoms with Crippen LogP contribution >= 0.6 is 11.6 Å². The Morgan fingerprint density at radius 3 is 2.62 bits per heavy atom. The highest BCUT2D eigenvalue weighted by Gasteiger charge is 2.14. The van der Waals surface area contributed by atoms with Gasteiger partial charge in [0.05, 0.1) is 29.6 Å². The number of benzene rings is 1. The molecule has 6 heteroatoms. The number of halogens is 1. The lowest BCUT2D eigenvalue weighted by atomic mass is 10.1. The molecule has 1 aromatic heterocycles. The number of hydrogen-bond donors (Lipinski definition) is 1. The zero-order valence-electron chi connectivity index (χ0n) is 12.6. The average Bonchev–Trinajstić information content (AvgIpc) is 2.70. The first-order chi connectivity index (χ1) is 9.93. The molecule has 1 atom stereocenters. The van der Waals surface area contributed by atoms with Gasteiger partial charge in [0, 0.05) is 7.05 Å². The van der Waals surface area contributed by atoms with Gasteiger partial charge < -0.3 is 14.6 Å². The fourth-order valence-corrected chi connectivity index (χ4v) is 2.26. The first-order valence-corrected chi connectivity index (χ1v) is 6.98. The summed E-state index contributed by atoms with van der Waals surface area (Å²) in [6, 6.07) is 5.34. The van der Waals surface area contributed by atoms with E-state index < -0.39 is 6.10 Å². The van der Waals surface area contributed by atoms with Crippen LogP contribution in [-0.2, 0) is 13.7 Å². The molecule has 1 heterocycles. The molecule has 0 spiro atoms.